The molecule has 0 spiro atoms. The first-order valence-corrected chi connectivity index (χ1v) is 7.25. The van der Waals surface area contributed by atoms with Crippen LogP contribution in [-0.2, 0) is 6.54 Å². The minimum absolute atomic E-state index is 0.427. The van der Waals surface area contributed by atoms with Crippen molar-refractivity contribution >= 4 is 34.4 Å². The molecule has 6 nitrogen and oxygen atoms in total. The van der Waals surface area contributed by atoms with Gasteiger partial charge in [-0.1, -0.05) is 5.11 Å². The van der Waals surface area contributed by atoms with Crippen LogP contribution in [0.3, 0.4) is 0 Å². The van der Waals surface area contributed by atoms with Gasteiger partial charge < -0.3 is 4.57 Å². The van der Waals surface area contributed by atoms with E-state index in [1.165, 1.54) is 0 Å². The summed E-state index contributed by atoms with van der Waals surface area (Å²) in [6.45, 7) is 1.12. The molecular formula is C17H14N4O2. The van der Waals surface area contributed by atoms with Crippen LogP contribution < -0.4 is 0 Å². The number of fused-ring (bicyclic) bond motifs is 3. The zero-order valence-electron chi connectivity index (χ0n) is 12.3. The van der Waals surface area contributed by atoms with E-state index in [1.54, 1.807) is 12.1 Å². The molecule has 114 valence electrons. The average molecular weight is 306 g/mol. The van der Waals surface area contributed by atoms with Crippen molar-refractivity contribution in [2.75, 3.05) is 6.54 Å². The van der Waals surface area contributed by atoms with Gasteiger partial charge in [0, 0.05) is 50.9 Å². The van der Waals surface area contributed by atoms with Gasteiger partial charge in [-0.25, -0.2) is 0 Å². The smallest absolute Gasteiger partial charge is 0.150 e. The number of rotatable bonds is 6. The van der Waals surface area contributed by atoms with Gasteiger partial charge in [0.15, 0.2) is 0 Å². The molecule has 3 aromatic rings. The Morgan fingerprint density at radius 2 is 1.57 bits per heavy atom. The van der Waals surface area contributed by atoms with Crippen LogP contribution in [0.25, 0.3) is 32.2 Å². The zero-order valence-corrected chi connectivity index (χ0v) is 12.3. The SMILES string of the molecule is [N-]=[N+]=NCCCn1c2ccc(C=O)cc2c2cc(C=O)ccc21. The molecule has 2 aromatic carbocycles. The second kappa shape index (κ2) is 6.34. The molecule has 0 aliphatic carbocycles. The van der Waals surface area contributed by atoms with Crippen molar-refractivity contribution in [1.82, 2.24) is 4.57 Å². The largest absolute Gasteiger partial charge is 0.340 e. The van der Waals surface area contributed by atoms with E-state index in [0.29, 0.717) is 30.6 Å². The van der Waals surface area contributed by atoms with Crippen LogP contribution in [0.2, 0.25) is 0 Å². The van der Waals surface area contributed by atoms with Crippen LogP contribution in [-0.4, -0.2) is 23.7 Å². The molecular weight excluding hydrogens is 292 g/mol. The lowest BCUT2D eigenvalue weighted by molar-refractivity contribution is 0.111. The van der Waals surface area contributed by atoms with E-state index >= 15 is 0 Å². The molecule has 6 heteroatoms. The average Bonchev–Trinajstić information content (AvgIpc) is 2.91. The van der Waals surface area contributed by atoms with Gasteiger partial charge in [-0.15, -0.1) is 0 Å². The van der Waals surface area contributed by atoms with Crippen molar-refractivity contribution in [2.45, 2.75) is 13.0 Å². The fourth-order valence-corrected chi connectivity index (χ4v) is 2.87. The number of carbonyl (C=O) groups is 2. The predicted octanol–water partition coefficient (Wildman–Crippen LogP) is 4.12. The van der Waals surface area contributed by atoms with E-state index in [0.717, 1.165) is 34.4 Å². The number of benzene rings is 2. The molecule has 0 fully saturated rings. The number of nitrogens with zero attached hydrogens (tertiary/aromatic N) is 4. The van der Waals surface area contributed by atoms with E-state index < -0.39 is 0 Å². The molecule has 23 heavy (non-hydrogen) atoms. The molecule has 0 atom stereocenters. The third-order valence-corrected chi connectivity index (χ3v) is 3.89. The molecule has 0 unspecified atom stereocenters. The second-order valence-corrected chi connectivity index (χ2v) is 5.25. The minimum atomic E-state index is 0.427. The molecule has 0 amide bonds. The lowest BCUT2D eigenvalue weighted by atomic mass is 10.1. The Morgan fingerprint density at radius 3 is 2.04 bits per heavy atom. The van der Waals surface area contributed by atoms with E-state index in [-0.39, 0.29) is 0 Å². The lowest BCUT2D eigenvalue weighted by Gasteiger charge is -2.06. The maximum Gasteiger partial charge on any atom is 0.150 e. The molecule has 0 aliphatic heterocycles. The number of aromatic nitrogens is 1. The number of aldehydes is 2. The van der Waals surface area contributed by atoms with Gasteiger partial charge in [-0.3, -0.25) is 9.59 Å². The Hall–Kier alpha value is -3.11. The summed E-state index contributed by atoms with van der Waals surface area (Å²) < 4.78 is 2.13. The van der Waals surface area contributed by atoms with Gasteiger partial charge in [0.05, 0.1) is 0 Å². The zero-order chi connectivity index (χ0) is 16.2. The molecule has 3 rings (SSSR count). The highest BCUT2D eigenvalue weighted by Gasteiger charge is 2.11. The van der Waals surface area contributed by atoms with Crippen molar-refractivity contribution < 1.29 is 9.59 Å². The van der Waals surface area contributed by atoms with Crippen LogP contribution in [0.5, 0.6) is 0 Å². The predicted molar refractivity (Wildman–Crippen MR) is 88.8 cm³/mol. The molecule has 0 radical (unpaired) electrons. The Bertz CT molecular complexity index is 887. The Kier molecular flexibility index (Phi) is 4.08. The number of azide groups is 1. The summed E-state index contributed by atoms with van der Waals surface area (Å²) in [4.78, 5) is 24.9. The summed E-state index contributed by atoms with van der Waals surface area (Å²) in [6.07, 6.45) is 2.34. The first-order chi connectivity index (χ1) is 11.3. The topological polar surface area (TPSA) is 87.8 Å². The maximum absolute atomic E-state index is 11.1. The van der Waals surface area contributed by atoms with Crippen LogP contribution >= 0.6 is 0 Å². The highest BCUT2D eigenvalue weighted by Crippen LogP contribution is 2.30. The van der Waals surface area contributed by atoms with Crippen LogP contribution in [0.4, 0.5) is 0 Å². The summed E-state index contributed by atoms with van der Waals surface area (Å²) in [5.41, 5.74) is 11.6. The maximum atomic E-state index is 11.1. The van der Waals surface area contributed by atoms with Gasteiger partial charge in [-0.2, -0.15) is 0 Å². The normalized spacial score (nSPS) is 10.6. The summed E-state index contributed by atoms with van der Waals surface area (Å²) in [6, 6.07) is 11.0. The highest BCUT2D eigenvalue weighted by atomic mass is 16.1. The van der Waals surface area contributed by atoms with E-state index in [9.17, 15) is 9.59 Å². The van der Waals surface area contributed by atoms with Crippen LogP contribution in [0.15, 0.2) is 41.5 Å². The van der Waals surface area contributed by atoms with Crippen LogP contribution in [0, 0.1) is 0 Å². The highest BCUT2D eigenvalue weighted by molar-refractivity contribution is 6.10. The van der Waals surface area contributed by atoms with Crippen molar-refractivity contribution in [1.29, 1.82) is 0 Å². The summed E-state index contributed by atoms with van der Waals surface area (Å²) >= 11 is 0. The fourth-order valence-electron chi connectivity index (χ4n) is 2.87. The van der Waals surface area contributed by atoms with Crippen molar-refractivity contribution in [3.05, 3.63) is 58.0 Å². The molecule has 1 heterocycles. The monoisotopic (exact) mass is 306 g/mol. The summed E-state index contributed by atoms with van der Waals surface area (Å²) in [7, 11) is 0. The minimum Gasteiger partial charge on any atom is -0.340 e. The Morgan fingerprint density at radius 1 is 1.00 bits per heavy atom. The molecule has 0 N–H and O–H groups in total. The van der Waals surface area contributed by atoms with Gasteiger partial charge in [-0.05, 0) is 48.4 Å². The fraction of sp³-hybridized carbons (Fsp3) is 0.176. The van der Waals surface area contributed by atoms with E-state index in [1.807, 2.05) is 24.3 Å². The second-order valence-electron chi connectivity index (χ2n) is 5.25. The number of hydrogen-bond acceptors (Lipinski definition) is 3. The molecule has 0 aliphatic rings. The molecule has 1 aromatic heterocycles. The first kappa shape index (κ1) is 14.8. The standard InChI is InChI=1S/C17H14N4O2/c18-20-19-6-1-7-21-16-4-2-12(10-22)8-14(16)15-9-13(11-23)3-5-17(15)21/h2-5,8-11H,1,6-7H2. The Labute approximate surface area is 131 Å². The van der Waals surface area contributed by atoms with Gasteiger partial charge in [0.1, 0.15) is 12.6 Å². The molecule has 0 bridgehead atoms. The van der Waals surface area contributed by atoms with Crippen molar-refractivity contribution in [2.24, 2.45) is 5.11 Å². The van der Waals surface area contributed by atoms with Crippen molar-refractivity contribution in [3.63, 3.8) is 0 Å². The summed E-state index contributed by atoms with van der Waals surface area (Å²) in [5, 5.41) is 5.44. The van der Waals surface area contributed by atoms with Crippen LogP contribution in [0.1, 0.15) is 27.1 Å². The first-order valence-electron chi connectivity index (χ1n) is 7.25. The summed E-state index contributed by atoms with van der Waals surface area (Å²) in [5.74, 6) is 0. The van der Waals surface area contributed by atoms with Gasteiger partial charge in [0.25, 0.3) is 0 Å². The third-order valence-electron chi connectivity index (χ3n) is 3.89. The number of aryl methyl sites for hydroxylation is 1. The van der Waals surface area contributed by atoms with Gasteiger partial charge >= 0.3 is 0 Å². The molecule has 0 saturated carbocycles. The number of carbonyl (C=O) groups excluding carboxylic acids is 2. The molecule has 0 saturated heterocycles. The Balaban J connectivity index is 2.20. The quantitative estimate of drug-likeness (QED) is 0.225. The lowest BCUT2D eigenvalue weighted by Crippen LogP contribution is -1.99. The van der Waals surface area contributed by atoms with E-state index in [4.69, 9.17) is 5.53 Å². The third kappa shape index (κ3) is 2.67. The van der Waals surface area contributed by atoms with Crippen molar-refractivity contribution in [3.8, 4) is 0 Å². The number of hydrogen-bond donors (Lipinski definition) is 0. The van der Waals surface area contributed by atoms with Gasteiger partial charge in [0.2, 0.25) is 0 Å². The van der Waals surface area contributed by atoms with E-state index in [2.05, 4.69) is 14.6 Å².